The zero-order valence-corrected chi connectivity index (χ0v) is 13.9. The molecule has 1 heterocycles. The maximum absolute atomic E-state index is 11.5. The second-order valence-corrected chi connectivity index (χ2v) is 7.14. The third-order valence-electron chi connectivity index (χ3n) is 4.29. The van der Waals surface area contributed by atoms with Crippen LogP contribution in [-0.2, 0) is 10.5 Å². The van der Waals surface area contributed by atoms with Crippen molar-refractivity contribution in [3.05, 3.63) is 41.2 Å². The van der Waals surface area contributed by atoms with Crippen molar-refractivity contribution in [2.45, 2.75) is 48.6 Å². The van der Waals surface area contributed by atoms with Crippen molar-refractivity contribution in [1.29, 1.82) is 0 Å². The van der Waals surface area contributed by atoms with E-state index in [1.807, 2.05) is 24.3 Å². The monoisotopic (exact) mass is 329 g/mol. The van der Waals surface area contributed by atoms with Crippen LogP contribution in [0.25, 0.3) is 0 Å². The molecule has 1 aromatic heterocycles. The van der Waals surface area contributed by atoms with E-state index in [-0.39, 0.29) is 5.97 Å². The first-order valence-corrected chi connectivity index (χ1v) is 8.99. The number of aromatic nitrogens is 3. The molecule has 6 heteroatoms. The summed E-state index contributed by atoms with van der Waals surface area (Å²) in [6.07, 6.45) is 5.01. The fourth-order valence-corrected chi connectivity index (χ4v) is 3.65. The van der Waals surface area contributed by atoms with E-state index in [0.717, 1.165) is 10.9 Å². The van der Waals surface area contributed by atoms with Crippen LogP contribution in [0.2, 0.25) is 0 Å². The molecule has 2 saturated carbocycles. The number of rotatable bonds is 6. The van der Waals surface area contributed by atoms with E-state index in [4.69, 9.17) is 4.74 Å². The van der Waals surface area contributed by atoms with Crippen LogP contribution in [0.4, 0.5) is 0 Å². The molecule has 0 spiro atoms. The summed E-state index contributed by atoms with van der Waals surface area (Å²) in [5, 5.41) is 9.88. The normalized spacial score (nSPS) is 17.3. The highest BCUT2D eigenvalue weighted by molar-refractivity contribution is 7.98. The number of thioether (sulfide) groups is 1. The van der Waals surface area contributed by atoms with Crippen LogP contribution >= 0.6 is 11.8 Å². The van der Waals surface area contributed by atoms with Gasteiger partial charge in [-0.15, -0.1) is 10.2 Å². The van der Waals surface area contributed by atoms with Gasteiger partial charge in [-0.05, 0) is 43.4 Å². The van der Waals surface area contributed by atoms with E-state index in [2.05, 4.69) is 14.8 Å². The zero-order chi connectivity index (χ0) is 15.8. The van der Waals surface area contributed by atoms with Gasteiger partial charge in [-0.2, -0.15) is 0 Å². The maximum atomic E-state index is 11.5. The highest BCUT2D eigenvalue weighted by Crippen LogP contribution is 2.46. The van der Waals surface area contributed by atoms with E-state index in [1.165, 1.54) is 44.2 Å². The number of hydrogen-bond donors (Lipinski definition) is 0. The lowest BCUT2D eigenvalue weighted by Gasteiger charge is -2.08. The minimum atomic E-state index is -0.299. The van der Waals surface area contributed by atoms with Gasteiger partial charge >= 0.3 is 5.97 Å². The fourth-order valence-electron chi connectivity index (χ4n) is 2.69. The average molecular weight is 329 g/mol. The summed E-state index contributed by atoms with van der Waals surface area (Å²) in [6.45, 7) is 0. The first kappa shape index (κ1) is 14.8. The predicted octanol–water partition coefficient (Wildman–Crippen LogP) is 3.57. The molecule has 0 amide bonds. The zero-order valence-electron chi connectivity index (χ0n) is 13.1. The lowest BCUT2D eigenvalue weighted by atomic mass is 10.1. The predicted molar refractivity (Wildman–Crippen MR) is 87.6 cm³/mol. The topological polar surface area (TPSA) is 57.0 Å². The van der Waals surface area contributed by atoms with Crippen LogP contribution in [0.5, 0.6) is 0 Å². The van der Waals surface area contributed by atoms with Gasteiger partial charge in [0.25, 0.3) is 0 Å². The lowest BCUT2D eigenvalue weighted by molar-refractivity contribution is 0.0600. The molecule has 2 fully saturated rings. The largest absolute Gasteiger partial charge is 0.465 e. The van der Waals surface area contributed by atoms with Crippen LogP contribution in [0, 0.1) is 0 Å². The second kappa shape index (κ2) is 6.00. The molecule has 2 aliphatic carbocycles. The van der Waals surface area contributed by atoms with Gasteiger partial charge < -0.3 is 9.30 Å². The molecule has 4 rings (SSSR count). The van der Waals surface area contributed by atoms with E-state index in [1.54, 1.807) is 11.8 Å². The number of ether oxygens (including phenoxy) is 1. The molecule has 2 aromatic rings. The van der Waals surface area contributed by atoms with Gasteiger partial charge in [-0.1, -0.05) is 23.9 Å². The quantitative estimate of drug-likeness (QED) is 0.599. The Morgan fingerprint density at radius 3 is 2.57 bits per heavy atom. The molecule has 0 N–H and O–H groups in total. The Morgan fingerprint density at radius 1 is 1.22 bits per heavy atom. The molecule has 0 unspecified atom stereocenters. The summed E-state index contributed by atoms with van der Waals surface area (Å²) in [5.41, 5.74) is 1.75. The Bertz CT molecular complexity index is 718. The Balaban J connectivity index is 1.46. The Labute approximate surface area is 139 Å². The van der Waals surface area contributed by atoms with Crippen molar-refractivity contribution in [3.8, 4) is 0 Å². The van der Waals surface area contributed by atoms with Crippen molar-refractivity contribution in [2.24, 2.45) is 0 Å². The first-order valence-electron chi connectivity index (χ1n) is 8.01. The Kier molecular flexibility index (Phi) is 3.85. The maximum Gasteiger partial charge on any atom is 0.337 e. The molecule has 0 radical (unpaired) electrons. The number of esters is 1. The van der Waals surface area contributed by atoms with Gasteiger partial charge in [0.05, 0.1) is 12.7 Å². The van der Waals surface area contributed by atoms with Crippen molar-refractivity contribution >= 4 is 17.7 Å². The molecule has 0 atom stereocenters. The fraction of sp³-hybridized carbons (Fsp3) is 0.471. The molecule has 0 saturated heterocycles. The third kappa shape index (κ3) is 3.13. The minimum Gasteiger partial charge on any atom is -0.465 e. The molecule has 0 bridgehead atoms. The highest BCUT2D eigenvalue weighted by atomic mass is 32.2. The van der Waals surface area contributed by atoms with Crippen molar-refractivity contribution in [3.63, 3.8) is 0 Å². The molecule has 23 heavy (non-hydrogen) atoms. The number of benzene rings is 1. The minimum absolute atomic E-state index is 0.299. The van der Waals surface area contributed by atoms with Crippen LogP contribution in [0.15, 0.2) is 29.4 Å². The van der Waals surface area contributed by atoms with E-state index in [0.29, 0.717) is 17.5 Å². The molecule has 120 valence electrons. The van der Waals surface area contributed by atoms with Crippen LogP contribution in [0.3, 0.4) is 0 Å². The number of carbonyl (C=O) groups is 1. The van der Waals surface area contributed by atoms with Crippen LogP contribution in [0.1, 0.15) is 59.4 Å². The lowest BCUT2D eigenvalue weighted by Crippen LogP contribution is -2.02. The molecule has 1 aromatic carbocycles. The highest BCUT2D eigenvalue weighted by Gasteiger charge is 2.36. The number of methoxy groups -OCH3 is 1. The summed E-state index contributed by atoms with van der Waals surface area (Å²) in [6, 6.07) is 8.17. The summed E-state index contributed by atoms with van der Waals surface area (Å²) < 4.78 is 7.09. The van der Waals surface area contributed by atoms with Crippen molar-refractivity contribution in [2.75, 3.05) is 7.11 Å². The smallest absolute Gasteiger partial charge is 0.337 e. The van der Waals surface area contributed by atoms with Gasteiger partial charge in [0.2, 0.25) is 0 Å². The summed E-state index contributed by atoms with van der Waals surface area (Å²) >= 11 is 1.73. The Morgan fingerprint density at radius 2 is 1.96 bits per heavy atom. The third-order valence-corrected chi connectivity index (χ3v) is 5.30. The average Bonchev–Trinajstić information content (AvgIpc) is 3.51. The number of carbonyl (C=O) groups excluding carboxylic acids is 1. The van der Waals surface area contributed by atoms with Crippen LogP contribution in [-0.4, -0.2) is 27.8 Å². The second-order valence-electron chi connectivity index (χ2n) is 6.19. The first-order chi connectivity index (χ1) is 11.3. The SMILES string of the molecule is COC(=O)c1ccc(CSc2nnc(C3CC3)n2C2CC2)cc1. The van der Waals surface area contributed by atoms with Gasteiger partial charge in [0.15, 0.2) is 5.16 Å². The molecular formula is C17H19N3O2S. The standard InChI is InChI=1S/C17H19N3O2S/c1-22-16(21)13-4-2-11(3-5-13)10-23-17-19-18-15(12-6-7-12)20(17)14-8-9-14/h2-5,12,14H,6-10H2,1H3. The van der Waals surface area contributed by atoms with Gasteiger partial charge in [-0.25, -0.2) is 4.79 Å². The molecule has 5 nitrogen and oxygen atoms in total. The van der Waals surface area contributed by atoms with E-state index in [9.17, 15) is 4.79 Å². The van der Waals surface area contributed by atoms with Gasteiger partial charge in [0.1, 0.15) is 5.82 Å². The van der Waals surface area contributed by atoms with E-state index >= 15 is 0 Å². The van der Waals surface area contributed by atoms with E-state index < -0.39 is 0 Å². The summed E-state index contributed by atoms with van der Waals surface area (Å²) in [4.78, 5) is 11.5. The summed E-state index contributed by atoms with van der Waals surface area (Å²) in [7, 11) is 1.40. The summed E-state index contributed by atoms with van der Waals surface area (Å²) in [5.74, 6) is 2.36. The Hall–Kier alpha value is -1.82. The van der Waals surface area contributed by atoms with Gasteiger partial charge in [0, 0.05) is 17.7 Å². The van der Waals surface area contributed by atoms with Crippen LogP contribution < -0.4 is 0 Å². The van der Waals surface area contributed by atoms with Crippen molar-refractivity contribution in [1.82, 2.24) is 14.8 Å². The number of hydrogen-bond acceptors (Lipinski definition) is 5. The molecular weight excluding hydrogens is 310 g/mol. The van der Waals surface area contributed by atoms with Crippen molar-refractivity contribution < 1.29 is 9.53 Å². The van der Waals surface area contributed by atoms with Gasteiger partial charge in [-0.3, -0.25) is 0 Å². The number of nitrogens with zero attached hydrogens (tertiary/aromatic N) is 3. The molecule has 2 aliphatic rings. The molecule has 0 aliphatic heterocycles.